The van der Waals surface area contributed by atoms with Crippen molar-refractivity contribution in [3.8, 4) is 0 Å². The van der Waals surface area contributed by atoms with Gasteiger partial charge in [0, 0.05) is 17.8 Å². The molecule has 3 aromatic rings. The van der Waals surface area contributed by atoms with Gasteiger partial charge in [-0.15, -0.1) is 0 Å². The molecule has 0 atom stereocenters. The predicted octanol–water partition coefficient (Wildman–Crippen LogP) is 4.63. The summed E-state index contributed by atoms with van der Waals surface area (Å²) in [6.07, 6.45) is 0. The third kappa shape index (κ3) is 6.33. The lowest BCUT2D eigenvalue weighted by molar-refractivity contribution is 0.0526. The third-order valence-corrected chi connectivity index (χ3v) is 6.10. The number of benzene rings is 3. The van der Waals surface area contributed by atoms with Crippen molar-refractivity contribution in [2.45, 2.75) is 18.7 Å². The SMILES string of the molecule is CCNc1ccc(C(=O)OCC)cc1NC(=O)c1cccc(NS(=O)(=O)c2ccc(F)c(F)c2)c1. The number of ether oxygens (including phenoxy) is 1. The Balaban J connectivity index is 1.84. The van der Waals surface area contributed by atoms with Crippen molar-refractivity contribution in [2.75, 3.05) is 28.5 Å². The molecular formula is C24H23F2N3O5S. The van der Waals surface area contributed by atoms with Gasteiger partial charge in [-0.2, -0.15) is 0 Å². The molecule has 0 aliphatic carbocycles. The van der Waals surface area contributed by atoms with Gasteiger partial charge in [-0.25, -0.2) is 22.0 Å². The van der Waals surface area contributed by atoms with Gasteiger partial charge in [0.2, 0.25) is 0 Å². The molecule has 35 heavy (non-hydrogen) atoms. The van der Waals surface area contributed by atoms with Crippen LogP contribution in [0.15, 0.2) is 65.6 Å². The maximum absolute atomic E-state index is 13.5. The van der Waals surface area contributed by atoms with E-state index in [0.717, 1.165) is 6.07 Å². The smallest absolute Gasteiger partial charge is 0.338 e. The molecule has 0 bridgehead atoms. The molecule has 0 heterocycles. The minimum atomic E-state index is -4.24. The van der Waals surface area contributed by atoms with E-state index in [-0.39, 0.29) is 23.4 Å². The zero-order valence-corrected chi connectivity index (χ0v) is 19.7. The van der Waals surface area contributed by atoms with E-state index in [2.05, 4.69) is 15.4 Å². The molecule has 0 unspecified atom stereocenters. The van der Waals surface area contributed by atoms with Crippen molar-refractivity contribution in [2.24, 2.45) is 0 Å². The van der Waals surface area contributed by atoms with E-state index < -0.39 is 38.4 Å². The molecular weight excluding hydrogens is 480 g/mol. The minimum Gasteiger partial charge on any atom is -0.462 e. The van der Waals surface area contributed by atoms with Crippen molar-refractivity contribution in [3.05, 3.63) is 83.4 Å². The number of hydrogen-bond acceptors (Lipinski definition) is 6. The molecule has 0 saturated carbocycles. The molecule has 0 spiro atoms. The van der Waals surface area contributed by atoms with Gasteiger partial charge in [0.05, 0.1) is 28.4 Å². The third-order valence-electron chi connectivity index (χ3n) is 4.72. The number of nitrogens with one attached hydrogen (secondary N) is 3. The first kappa shape index (κ1) is 25.6. The van der Waals surface area contributed by atoms with E-state index in [1.165, 1.54) is 30.3 Å². The lowest BCUT2D eigenvalue weighted by Gasteiger charge is -2.14. The first-order chi connectivity index (χ1) is 16.6. The summed E-state index contributed by atoms with van der Waals surface area (Å²) in [7, 11) is -4.24. The number of amides is 1. The zero-order valence-electron chi connectivity index (χ0n) is 18.9. The molecule has 184 valence electrons. The summed E-state index contributed by atoms with van der Waals surface area (Å²) in [5.74, 6) is -3.59. The molecule has 0 fully saturated rings. The minimum absolute atomic E-state index is 0.0366. The number of anilines is 3. The van der Waals surface area contributed by atoms with Crippen LogP contribution in [0.25, 0.3) is 0 Å². The molecule has 0 aromatic heterocycles. The molecule has 8 nitrogen and oxygen atoms in total. The molecule has 1 amide bonds. The van der Waals surface area contributed by atoms with Gasteiger partial charge in [-0.3, -0.25) is 9.52 Å². The molecule has 3 rings (SSSR count). The number of halogens is 2. The summed E-state index contributed by atoms with van der Waals surface area (Å²) in [5, 5.41) is 5.79. The van der Waals surface area contributed by atoms with Crippen molar-refractivity contribution in [1.82, 2.24) is 0 Å². The van der Waals surface area contributed by atoms with Crippen LogP contribution in [0.3, 0.4) is 0 Å². The fourth-order valence-corrected chi connectivity index (χ4v) is 4.17. The second kappa shape index (κ2) is 11.0. The number of rotatable bonds is 9. The van der Waals surface area contributed by atoms with E-state index in [9.17, 15) is 26.8 Å². The number of carbonyl (C=O) groups is 2. The summed E-state index contributed by atoms with van der Waals surface area (Å²) in [6, 6.07) is 12.5. The first-order valence-corrected chi connectivity index (χ1v) is 12.1. The fourth-order valence-electron chi connectivity index (χ4n) is 3.11. The van der Waals surface area contributed by atoms with Crippen molar-refractivity contribution in [1.29, 1.82) is 0 Å². The Hall–Kier alpha value is -3.99. The Morgan fingerprint density at radius 1 is 0.886 bits per heavy atom. The number of hydrogen-bond donors (Lipinski definition) is 3. The van der Waals surface area contributed by atoms with E-state index in [4.69, 9.17) is 4.74 Å². The van der Waals surface area contributed by atoms with Gasteiger partial charge < -0.3 is 15.4 Å². The van der Waals surface area contributed by atoms with E-state index in [1.807, 2.05) is 6.92 Å². The summed E-state index contributed by atoms with van der Waals surface area (Å²) in [6.45, 7) is 4.31. The highest BCUT2D eigenvalue weighted by molar-refractivity contribution is 7.92. The molecule has 0 saturated heterocycles. The number of sulfonamides is 1. The number of carbonyl (C=O) groups excluding carboxylic acids is 2. The van der Waals surface area contributed by atoms with Crippen molar-refractivity contribution >= 4 is 39.0 Å². The van der Waals surface area contributed by atoms with Crippen LogP contribution in [-0.4, -0.2) is 33.4 Å². The largest absolute Gasteiger partial charge is 0.462 e. The van der Waals surface area contributed by atoms with Crippen LogP contribution in [0.2, 0.25) is 0 Å². The average Bonchev–Trinajstić information content (AvgIpc) is 2.82. The van der Waals surface area contributed by atoms with Crippen LogP contribution in [0, 0.1) is 11.6 Å². The Bertz CT molecular complexity index is 1360. The quantitative estimate of drug-likeness (QED) is 0.367. The van der Waals surface area contributed by atoms with Crippen LogP contribution in [0.5, 0.6) is 0 Å². The summed E-state index contributed by atoms with van der Waals surface area (Å²) >= 11 is 0. The first-order valence-electron chi connectivity index (χ1n) is 10.6. The molecule has 0 radical (unpaired) electrons. The standard InChI is InChI=1S/C24H23F2N3O5S/c1-3-27-21-11-8-16(24(31)34-4-2)13-22(21)28-23(30)15-6-5-7-17(12-15)29-35(32,33)18-9-10-19(25)20(26)14-18/h5-14,27,29H,3-4H2,1-2H3,(H,28,30). The topological polar surface area (TPSA) is 114 Å². The van der Waals surface area contributed by atoms with Crippen molar-refractivity contribution in [3.63, 3.8) is 0 Å². The van der Waals surface area contributed by atoms with E-state index >= 15 is 0 Å². The summed E-state index contributed by atoms with van der Waals surface area (Å²) in [5.41, 5.74) is 1.30. The van der Waals surface area contributed by atoms with Gasteiger partial charge >= 0.3 is 5.97 Å². The highest BCUT2D eigenvalue weighted by atomic mass is 32.2. The van der Waals surface area contributed by atoms with Crippen LogP contribution >= 0.6 is 0 Å². The maximum atomic E-state index is 13.5. The van der Waals surface area contributed by atoms with Gasteiger partial charge in [0.15, 0.2) is 11.6 Å². The lowest BCUT2D eigenvalue weighted by Crippen LogP contribution is -2.16. The zero-order chi connectivity index (χ0) is 25.6. The monoisotopic (exact) mass is 503 g/mol. The second-order valence-electron chi connectivity index (χ2n) is 7.23. The van der Waals surface area contributed by atoms with Gasteiger partial charge in [-0.05, 0) is 68.4 Å². The molecule has 3 N–H and O–H groups in total. The normalized spacial score (nSPS) is 11.0. The Kier molecular flexibility index (Phi) is 8.02. The highest BCUT2D eigenvalue weighted by Gasteiger charge is 2.18. The fraction of sp³-hybridized carbons (Fsp3) is 0.167. The van der Waals surface area contributed by atoms with Gasteiger partial charge in [-0.1, -0.05) is 6.07 Å². The Labute approximate surface area is 201 Å². The number of esters is 1. The Morgan fingerprint density at radius 2 is 1.66 bits per heavy atom. The van der Waals surface area contributed by atoms with E-state index in [0.29, 0.717) is 30.1 Å². The van der Waals surface area contributed by atoms with Crippen LogP contribution in [0.4, 0.5) is 25.8 Å². The van der Waals surface area contributed by atoms with E-state index in [1.54, 1.807) is 19.1 Å². The van der Waals surface area contributed by atoms with Gasteiger partial charge in [0.25, 0.3) is 15.9 Å². The van der Waals surface area contributed by atoms with Crippen LogP contribution in [0.1, 0.15) is 34.6 Å². The lowest BCUT2D eigenvalue weighted by atomic mass is 10.1. The molecule has 0 aliphatic rings. The summed E-state index contributed by atoms with van der Waals surface area (Å²) in [4.78, 5) is 24.5. The van der Waals surface area contributed by atoms with Gasteiger partial charge in [0.1, 0.15) is 0 Å². The predicted molar refractivity (Wildman–Crippen MR) is 128 cm³/mol. The van der Waals surface area contributed by atoms with Crippen LogP contribution in [-0.2, 0) is 14.8 Å². The van der Waals surface area contributed by atoms with Crippen molar-refractivity contribution < 1.29 is 31.5 Å². The van der Waals surface area contributed by atoms with Crippen LogP contribution < -0.4 is 15.4 Å². The maximum Gasteiger partial charge on any atom is 0.338 e. The highest BCUT2D eigenvalue weighted by Crippen LogP contribution is 2.25. The molecule has 11 heteroatoms. The molecule has 0 aliphatic heterocycles. The Morgan fingerprint density at radius 3 is 2.34 bits per heavy atom. The summed E-state index contributed by atoms with van der Waals surface area (Å²) < 4.78 is 59.0. The average molecular weight is 504 g/mol. The molecule has 3 aromatic carbocycles. The second-order valence-corrected chi connectivity index (χ2v) is 8.91.